The maximum atomic E-state index is 13.5. The van der Waals surface area contributed by atoms with Crippen LogP contribution in [0.15, 0.2) is 36.8 Å². The largest absolute Gasteiger partial charge is 0.383 e. The predicted molar refractivity (Wildman–Crippen MR) is 154 cm³/mol. The van der Waals surface area contributed by atoms with E-state index in [4.69, 9.17) is 10.5 Å². The molecule has 0 spiro atoms. The number of likely N-dealkylation sites (tertiary alicyclic amines) is 1. The number of benzene rings is 1. The number of carbonyl (C=O) groups excluding carboxylic acids is 2. The van der Waals surface area contributed by atoms with E-state index in [-0.39, 0.29) is 18.7 Å². The van der Waals surface area contributed by atoms with E-state index in [1.165, 1.54) is 6.20 Å². The van der Waals surface area contributed by atoms with E-state index < -0.39 is 19.9 Å². The summed E-state index contributed by atoms with van der Waals surface area (Å²) < 4.78 is 7.45. The molecule has 11 nitrogen and oxygen atoms in total. The lowest BCUT2D eigenvalue weighted by atomic mass is 9.89. The monoisotopic (exact) mass is 548 g/mol. The van der Waals surface area contributed by atoms with E-state index in [0.29, 0.717) is 35.6 Å². The van der Waals surface area contributed by atoms with Gasteiger partial charge in [-0.1, -0.05) is 32.6 Å². The van der Waals surface area contributed by atoms with Crippen LogP contribution in [0, 0.1) is 5.92 Å². The lowest BCUT2D eigenvalue weighted by Crippen LogP contribution is -2.46. The molecule has 3 aromatic heterocycles. The smallest absolute Gasteiger partial charge is 0.314 e. The molecule has 0 bridgehead atoms. The Kier molecular flexibility index (Phi) is 7.41. The van der Waals surface area contributed by atoms with Crippen molar-refractivity contribution >= 4 is 53.2 Å². The number of piperidine rings is 1. The lowest BCUT2D eigenvalue weighted by molar-refractivity contribution is -0.146. The average Bonchev–Trinajstić information content (AvgIpc) is 3.54. The Hall–Kier alpha value is -3.77. The Morgan fingerprint density at radius 1 is 1.23 bits per heavy atom. The molecule has 2 amide bonds. The van der Waals surface area contributed by atoms with Crippen molar-refractivity contribution in [3.8, 4) is 0 Å². The van der Waals surface area contributed by atoms with Gasteiger partial charge in [-0.25, -0.2) is 9.67 Å². The van der Waals surface area contributed by atoms with Crippen molar-refractivity contribution in [2.75, 3.05) is 24.2 Å². The fourth-order valence-electron chi connectivity index (χ4n) is 4.96. The molecule has 0 aliphatic carbocycles. The summed E-state index contributed by atoms with van der Waals surface area (Å²) in [5, 5.41) is 15.9. The zero-order chi connectivity index (χ0) is 27.7. The number of anilines is 2. The van der Waals surface area contributed by atoms with Gasteiger partial charge in [-0.3, -0.25) is 14.7 Å². The van der Waals surface area contributed by atoms with Gasteiger partial charge in [-0.05, 0) is 42.5 Å². The highest BCUT2D eigenvalue weighted by atomic mass is 28.3. The molecule has 1 saturated heterocycles. The number of nitrogen functional groups attached to an aromatic ring is 1. The van der Waals surface area contributed by atoms with E-state index in [2.05, 4.69) is 52.2 Å². The minimum atomic E-state index is -1.20. The van der Waals surface area contributed by atoms with Gasteiger partial charge < -0.3 is 20.7 Å². The molecule has 4 N–H and O–H groups in total. The normalized spacial score (nSPS) is 18.1. The maximum absolute atomic E-state index is 13.5. The number of nitrogens with zero attached hydrogens (tertiary/aromatic N) is 5. The molecule has 5 rings (SSSR count). The predicted octanol–water partition coefficient (Wildman–Crippen LogP) is 4.14. The van der Waals surface area contributed by atoms with Gasteiger partial charge in [0.15, 0.2) is 0 Å². The lowest BCUT2D eigenvalue weighted by Gasteiger charge is -2.38. The van der Waals surface area contributed by atoms with Crippen LogP contribution in [0.1, 0.15) is 31.4 Å². The van der Waals surface area contributed by atoms with Gasteiger partial charge in [-0.15, -0.1) is 0 Å². The van der Waals surface area contributed by atoms with E-state index in [0.717, 1.165) is 35.4 Å². The fraction of sp³-hybridized carbons (Fsp3) is 0.444. The summed E-state index contributed by atoms with van der Waals surface area (Å²) >= 11 is 0. The van der Waals surface area contributed by atoms with Crippen LogP contribution in [0.4, 0.5) is 11.5 Å². The van der Waals surface area contributed by atoms with E-state index in [9.17, 15) is 9.59 Å². The van der Waals surface area contributed by atoms with Crippen LogP contribution >= 0.6 is 0 Å². The van der Waals surface area contributed by atoms with Crippen LogP contribution in [-0.4, -0.2) is 62.9 Å². The zero-order valence-corrected chi connectivity index (χ0v) is 23.9. The maximum Gasteiger partial charge on any atom is 0.314 e. The van der Waals surface area contributed by atoms with E-state index in [1.807, 2.05) is 18.2 Å². The zero-order valence-electron chi connectivity index (χ0n) is 22.9. The number of ether oxygens (including phenoxy) is 1. The fourth-order valence-corrected chi connectivity index (χ4v) is 5.72. The van der Waals surface area contributed by atoms with Gasteiger partial charge in [0.2, 0.25) is 0 Å². The summed E-state index contributed by atoms with van der Waals surface area (Å²) in [5.74, 6) is -0.732. The second kappa shape index (κ2) is 10.8. The van der Waals surface area contributed by atoms with Gasteiger partial charge in [0.1, 0.15) is 18.1 Å². The van der Waals surface area contributed by atoms with Crippen LogP contribution in [0.3, 0.4) is 0 Å². The highest BCUT2D eigenvalue weighted by Gasteiger charge is 2.34. The number of H-pyrrole nitrogens is 1. The summed E-state index contributed by atoms with van der Waals surface area (Å²) in [4.78, 5) is 32.7. The third kappa shape index (κ3) is 5.96. The second-order valence-corrected chi connectivity index (χ2v) is 17.3. The van der Waals surface area contributed by atoms with Crippen molar-refractivity contribution in [1.82, 2.24) is 29.9 Å². The average molecular weight is 549 g/mol. The first-order valence-electron chi connectivity index (χ1n) is 13.3. The second-order valence-electron chi connectivity index (χ2n) is 11.7. The summed E-state index contributed by atoms with van der Waals surface area (Å²) in [6.45, 7) is 10.4. The van der Waals surface area contributed by atoms with Crippen molar-refractivity contribution in [3.63, 3.8) is 0 Å². The number of hydrogen-bond donors (Lipinski definition) is 3. The minimum Gasteiger partial charge on any atom is -0.383 e. The molecule has 4 aromatic rings. The molecule has 1 aliphatic rings. The first-order valence-corrected chi connectivity index (χ1v) is 17.0. The van der Waals surface area contributed by atoms with Crippen molar-refractivity contribution in [1.29, 1.82) is 0 Å². The van der Waals surface area contributed by atoms with Gasteiger partial charge in [0.25, 0.3) is 0 Å². The number of aromatic amines is 1. The first-order chi connectivity index (χ1) is 18.6. The molecule has 2 atom stereocenters. The number of nitrogens with two attached hydrogens (primary N) is 1. The first kappa shape index (κ1) is 26.8. The van der Waals surface area contributed by atoms with E-state index >= 15 is 0 Å². The van der Waals surface area contributed by atoms with Crippen LogP contribution in [0.2, 0.25) is 25.7 Å². The molecule has 0 saturated carbocycles. The number of nitrogens with one attached hydrogen (secondary N) is 2. The molecular weight excluding hydrogens is 512 g/mol. The van der Waals surface area contributed by atoms with Gasteiger partial charge in [0.05, 0.1) is 35.0 Å². The quantitative estimate of drug-likeness (QED) is 0.179. The highest BCUT2D eigenvalue weighted by Crippen LogP contribution is 2.35. The molecule has 1 fully saturated rings. The molecular formula is C27H36N8O3Si. The Labute approximate surface area is 228 Å². The van der Waals surface area contributed by atoms with E-state index in [1.54, 1.807) is 22.0 Å². The minimum absolute atomic E-state index is 0.198. The van der Waals surface area contributed by atoms with Crippen molar-refractivity contribution in [2.45, 2.75) is 58.2 Å². The van der Waals surface area contributed by atoms with Gasteiger partial charge in [-0.2, -0.15) is 10.2 Å². The van der Waals surface area contributed by atoms with Crippen LogP contribution in [0.25, 0.3) is 21.8 Å². The molecule has 1 aromatic carbocycles. The summed E-state index contributed by atoms with van der Waals surface area (Å²) in [6.07, 6.45) is 6.70. The molecule has 39 heavy (non-hydrogen) atoms. The summed E-state index contributed by atoms with van der Waals surface area (Å²) in [6, 6.07) is 6.83. The number of fused-ring (bicyclic) bond motifs is 2. The van der Waals surface area contributed by atoms with Gasteiger partial charge in [0, 0.05) is 32.8 Å². The molecule has 12 heteroatoms. The molecule has 206 valence electrons. The Bertz CT molecular complexity index is 1510. The molecule has 0 radical (unpaired) electrons. The molecule has 0 unspecified atom stereocenters. The molecule has 1 aliphatic heterocycles. The van der Waals surface area contributed by atoms with Crippen molar-refractivity contribution in [3.05, 3.63) is 42.4 Å². The third-order valence-corrected chi connectivity index (χ3v) is 8.92. The van der Waals surface area contributed by atoms with Crippen LogP contribution < -0.4 is 11.1 Å². The summed E-state index contributed by atoms with van der Waals surface area (Å²) in [7, 11) is -1.20. The van der Waals surface area contributed by atoms with Crippen LogP contribution in [-0.2, 0) is 21.1 Å². The number of aromatic nitrogens is 5. The van der Waals surface area contributed by atoms with Crippen molar-refractivity contribution in [2.24, 2.45) is 5.92 Å². The van der Waals surface area contributed by atoms with Crippen molar-refractivity contribution < 1.29 is 14.3 Å². The highest BCUT2D eigenvalue weighted by molar-refractivity contribution is 6.76. The third-order valence-electron chi connectivity index (χ3n) is 7.22. The standard InChI is InChI=1S/C27H36N8O3Si/c1-17-5-8-23(18-6-7-21-19(11-18)12-30-32-21)35(14-17)27(37)26(36)31-22-13-29-25(28)20-15-34(33-24(20)22)16-38-9-10-39(2,3)4/h6-7,11-13,15,17,23H,5,8-10,14,16H2,1-4H3,(H2,28,29)(H,30,32)(H,31,36)/t17-,23+/m0/s1. The number of carbonyl (C=O) groups is 2. The summed E-state index contributed by atoms with van der Waals surface area (Å²) in [5.41, 5.74) is 8.81. The SMILES string of the molecule is C[C@H]1CC[C@H](c2ccc3[nH]ncc3c2)N(C(=O)C(=O)Nc2cnc(N)c3cn(COCC[Si](C)(C)C)nc23)C1. The molecule has 4 heterocycles. The number of pyridine rings is 1. The number of rotatable bonds is 7. The number of hydrogen-bond acceptors (Lipinski definition) is 7. The number of amides is 2. The Balaban J connectivity index is 1.33. The van der Waals surface area contributed by atoms with Crippen LogP contribution in [0.5, 0.6) is 0 Å². The van der Waals surface area contributed by atoms with Gasteiger partial charge >= 0.3 is 11.8 Å². The Morgan fingerprint density at radius 3 is 2.85 bits per heavy atom. The topological polar surface area (TPSA) is 144 Å². The Morgan fingerprint density at radius 2 is 2.05 bits per heavy atom.